The minimum atomic E-state index is -0.649. The van der Waals surface area contributed by atoms with Gasteiger partial charge in [-0.2, -0.15) is 0 Å². The highest BCUT2D eigenvalue weighted by atomic mass is 79.9. The van der Waals surface area contributed by atoms with E-state index in [0.29, 0.717) is 5.02 Å². The van der Waals surface area contributed by atoms with E-state index in [0.717, 1.165) is 19.8 Å². The van der Waals surface area contributed by atoms with Crippen molar-refractivity contribution in [3.05, 3.63) is 55.1 Å². The van der Waals surface area contributed by atoms with Crippen molar-refractivity contribution in [2.75, 3.05) is 0 Å². The molecule has 84 valence electrons. The van der Waals surface area contributed by atoms with Gasteiger partial charge in [0.05, 0.1) is 3.79 Å². The second-order valence-corrected chi connectivity index (χ2v) is 6.47. The monoisotopic (exact) mass is 316 g/mol. The van der Waals surface area contributed by atoms with Gasteiger partial charge in [0.15, 0.2) is 0 Å². The standard InChI is InChI=1S/C12H10BrClOS/c1-7-2-3-8(9(14)6-7)12(15)10-4-5-11(13)16-10/h2-6,12,15H,1H3. The largest absolute Gasteiger partial charge is 0.383 e. The lowest BCUT2D eigenvalue weighted by Crippen LogP contribution is -1.98. The minimum Gasteiger partial charge on any atom is -0.383 e. The van der Waals surface area contributed by atoms with Crippen molar-refractivity contribution >= 4 is 38.9 Å². The van der Waals surface area contributed by atoms with E-state index in [1.807, 2.05) is 37.3 Å². The van der Waals surface area contributed by atoms with Gasteiger partial charge in [0.25, 0.3) is 0 Å². The molecule has 2 aromatic rings. The average Bonchev–Trinajstić information content (AvgIpc) is 2.64. The van der Waals surface area contributed by atoms with E-state index in [9.17, 15) is 5.11 Å². The molecule has 0 fully saturated rings. The smallest absolute Gasteiger partial charge is 0.115 e. The normalized spacial score (nSPS) is 12.8. The average molecular weight is 318 g/mol. The number of aliphatic hydroxyl groups is 1. The van der Waals surface area contributed by atoms with Crippen LogP contribution in [0.5, 0.6) is 0 Å². The van der Waals surface area contributed by atoms with Crippen molar-refractivity contribution in [2.45, 2.75) is 13.0 Å². The first-order valence-corrected chi connectivity index (χ1v) is 6.76. The summed E-state index contributed by atoms with van der Waals surface area (Å²) in [7, 11) is 0. The predicted octanol–water partition coefficient (Wildman–Crippen LogP) is 4.55. The van der Waals surface area contributed by atoms with Crippen LogP contribution in [0.2, 0.25) is 5.02 Å². The molecule has 1 aromatic heterocycles. The van der Waals surface area contributed by atoms with Gasteiger partial charge >= 0.3 is 0 Å². The van der Waals surface area contributed by atoms with Gasteiger partial charge in [-0.3, -0.25) is 0 Å². The van der Waals surface area contributed by atoms with Crippen LogP contribution < -0.4 is 0 Å². The summed E-state index contributed by atoms with van der Waals surface area (Å²) in [6.07, 6.45) is -0.649. The molecular weight excluding hydrogens is 308 g/mol. The van der Waals surface area contributed by atoms with Gasteiger partial charge in [0, 0.05) is 15.5 Å². The second kappa shape index (κ2) is 4.88. The fourth-order valence-corrected chi connectivity index (χ4v) is 3.25. The number of rotatable bonds is 2. The molecule has 1 atom stereocenters. The van der Waals surface area contributed by atoms with Gasteiger partial charge in [0.1, 0.15) is 6.10 Å². The summed E-state index contributed by atoms with van der Waals surface area (Å²) in [4.78, 5) is 0.887. The van der Waals surface area contributed by atoms with Crippen LogP contribution in [-0.2, 0) is 0 Å². The van der Waals surface area contributed by atoms with E-state index in [1.54, 1.807) is 0 Å². The Morgan fingerprint density at radius 3 is 2.62 bits per heavy atom. The zero-order valence-electron chi connectivity index (χ0n) is 8.58. The quantitative estimate of drug-likeness (QED) is 0.861. The van der Waals surface area contributed by atoms with E-state index >= 15 is 0 Å². The highest BCUT2D eigenvalue weighted by molar-refractivity contribution is 9.11. The molecule has 2 rings (SSSR count). The summed E-state index contributed by atoms with van der Waals surface area (Å²) in [5.74, 6) is 0. The molecule has 0 saturated carbocycles. The summed E-state index contributed by atoms with van der Waals surface area (Å²) in [5.41, 5.74) is 1.84. The van der Waals surface area contributed by atoms with Crippen LogP contribution in [0.15, 0.2) is 34.1 Å². The fraction of sp³-hybridized carbons (Fsp3) is 0.167. The molecule has 0 aliphatic heterocycles. The molecule has 16 heavy (non-hydrogen) atoms. The fourth-order valence-electron chi connectivity index (χ4n) is 1.48. The van der Waals surface area contributed by atoms with E-state index in [-0.39, 0.29) is 0 Å². The van der Waals surface area contributed by atoms with E-state index in [4.69, 9.17) is 11.6 Å². The molecule has 1 heterocycles. The van der Waals surface area contributed by atoms with Crippen molar-refractivity contribution in [3.8, 4) is 0 Å². The Morgan fingerprint density at radius 1 is 1.31 bits per heavy atom. The van der Waals surface area contributed by atoms with Crippen LogP contribution >= 0.6 is 38.9 Å². The van der Waals surface area contributed by atoms with Crippen LogP contribution in [0.3, 0.4) is 0 Å². The first-order valence-electron chi connectivity index (χ1n) is 4.77. The number of thiophene rings is 1. The van der Waals surface area contributed by atoms with Gasteiger partial charge in [-0.05, 0) is 46.6 Å². The van der Waals surface area contributed by atoms with Crippen LogP contribution in [-0.4, -0.2) is 5.11 Å². The first-order chi connectivity index (χ1) is 7.58. The molecule has 4 heteroatoms. The van der Waals surface area contributed by atoms with Crippen LogP contribution in [0.25, 0.3) is 0 Å². The SMILES string of the molecule is Cc1ccc(C(O)c2ccc(Br)s2)c(Cl)c1. The van der Waals surface area contributed by atoms with Crippen molar-refractivity contribution < 1.29 is 5.11 Å². The number of aryl methyl sites for hydroxylation is 1. The zero-order chi connectivity index (χ0) is 11.7. The molecule has 0 saturated heterocycles. The Bertz CT molecular complexity index is 509. The van der Waals surface area contributed by atoms with Gasteiger partial charge in [-0.1, -0.05) is 23.7 Å². The topological polar surface area (TPSA) is 20.2 Å². The Balaban J connectivity index is 2.37. The maximum atomic E-state index is 10.2. The first kappa shape index (κ1) is 12.1. The minimum absolute atomic E-state index is 0.608. The van der Waals surface area contributed by atoms with Crippen molar-refractivity contribution in [2.24, 2.45) is 0 Å². The van der Waals surface area contributed by atoms with E-state index in [1.165, 1.54) is 11.3 Å². The summed E-state index contributed by atoms with van der Waals surface area (Å²) in [5, 5.41) is 10.8. The number of aliphatic hydroxyl groups excluding tert-OH is 1. The molecule has 1 unspecified atom stereocenters. The molecule has 0 spiro atoms. The van der Waals surface area contributed by atoms with Gasteiger partial charge in [0.2, 0.25) is 0 Å². The molecule has 0 radical (unpaired) electrons. The molecule has 0 amide bonds. The Hall–Kier alpha value is -0.350. The summed E-state index contributed by atoms with van der Waals surface area (Å²) < 4.78 is 1.00. The van der Waals surface area contributed by atoms with E-state index in [2.05, 4.69) is 15.9 Å². The molecule has 0 aliphatic rings. The molecule has 1 aromatic carbocycles. The predicted molar refractivity (Wildman–Crippen MR) is 72.3 cm³/mol. The van der Waals surface area contributed by atoms with Gasteiger partial charge in [-0.15, -0.1) is 11.3 Å². The van der Waals surface area contributed by atoms with Gasteiger partial charge < -0.3 is 5.11 Å². The van der Waals surface area contributed by atoms with E-state index < -0.39 is 6.10 Å². The molecular formula is C12H10BrClOS. The number of hydrogen-bond donors (Lipinski definition) is 1. The third kappa shape index (κ3) is 2.48. The van der Waals surface area contributed by atoms with Gasteiger partial charge in [-0.25, -0.2) is 0 Å². The van der Waals surface area contributed by atoms with Crippen LogP contribution in [0, 0.1) is 6.92 Å². The highest BCUT2D eigenvalue weighted by Gasteiger charge is 2.15. The number of hydrogen-bond acceptors (Lipinski definition) is 2. The third-order valence-electron chi connectivity index (χ3n) is 2.31. The lowest BCUT2D eigenvalue weighted by atomic mass is 10.1. The Morgan fingerprint density at radius 2 is 2.06 bits per heavy atom. The lowest BCUT2D eigenvalue weighted by molar-refractivity contribution is 0.224. The lowest BCUT2D eigenvalue weighted by Gasteiger charge is -2.11. The van der Waals surface area contributed by atoms with Crippen molar-refractivity contribution in [1.29, 1.82) is 0 Å². The molecule has 0 bridgehead atoms. The third-order valence-corrected chi connectivity index (χ3v) is 4.32. The maximum Gasteiger partial charge on any atom is 0.115 e. The number of halogens is 2. The summed E-state index contributed by atoms with van der Waals surface area (Å²) >= 11 is 11.0. The van der Waals surface area contributed by atoms with Crippen LogP contribution in [0.1, 0.15) is 22.1 Å². The Kier molecular flexibility index (Phi) is 3.70. The highest BCUT2D eigenvalue weighted by Crippen LogP contribution is 2.34. The summed E-state index contributed by atoms with van der Waals surface area (Å²) in [6.45, 7) is 1.98. The second-order valence-electron chi connectivity index (χ2n) is 3.57. The van der Waals surface area contributed by atoms with Crippen molar-refractivity contribution in [3.63, 3.8) is 0 Å². The molecule has 1 nitrogen and oxygen atoms in total. The van der Waals surface area contributed by atoms with Crippen LogP contribution in [0.4, 0.5) is 0 Å². The molecule has 1 N–H and O–H groups in total. The Labute approximate surface area is 112 Å². The maximum absolute atomic E-state index is 10.2. The summed E-state index contributed by atoms with van der Waals surface area (Å²) in [6, 6.07) is 9.51. The number of benzene rings is 1. The van der Waals surface area contributed by atoms with Crippen molar-refractivity contribution in [1.82, 2.24) is 0 Å². The zero-order valence-corrected chi connectivity index (χ0v) is 11.7. The molecule has 0 aliphatic carbocycles.